The highest BCUT2D eigenvalue weighted by molar-refractivity contribution is 6.03. The summed E-state index contributed by atoms with van der Waals surface area (Å²) < 4.78 is 6.32. The maximum absolute atomic E-state index is 13.5. The van der Waals surface area contributed by atoms with E-state index in [0.717, 1.165) is 27.6 Å². The van der Waals surface area contributed by atoms with Gasteiger partial charge in [-0.15, -0.1) is 0 Å². The average Bonchev–Trinajstić information content (AvgIpc) is 3.41. The van der Waals surface area contributed by atoms with Crippen LogP contribution in [-0.4, -0.2) is 16.9 Å². The van der Waals surface area contributed by atoms with Crippen molar-refractivity contribution in [2.24, 2.45) is 0 Å². The Morgan fingerprint density at radius 3 is 2.42 bits per heavy atom. The molecule has 5 rings (SSSR count). The molecule has 2 atom stereocenters. The number of hydrogen-bond donors (Lipinski definition) is 1. The number of aryl methyl sites for hydroxylation is 1. The minimum absolute atomic E-state index is 0.131. The molecule has 0 aliphatic carbocycles. The number of para-hydroxylation sites is 1. The van der Waals surface area contributed by atoms with Gasteiger partial charge in [-0.3, -0.25) is 4.79 Å². The number of nitrogens with one attached hydrogen (secondary N) is 1. The lowest BCUT2D eigenvalue weighted by Crippen LogP contribution is -2.27. The van der Waals surface area contributed by atoms with Gasteiger partial charge in [0, 0.05) is 28.2 Å². The fourth-order valence-corrected chi connectivity index (χ4v) is 4.23. The number of rotatable bonds is 4. The predicted octanol–water partition coefficient (Wildman–Crippen LogP) is 5.78. The predicted molar refractivity (Wildman–Crippen MR) is 120 cm³/mol. The molecule has 31 heavy (non-hydrogen) atoms. The number of H-pyrrole nitrogens is 1. The number of nitrogens with zero attached hydrogens (tertiary/aromatic N) is 1. The van der Waals surface area contributed by atoms with Gasteiger partial charge in [0.05, 0.1) is 17.6 Å². The first kappa shape index (κ1) is 18.9. The normalized spacial score (nSPS) is 18.1. The molecular weight excluding hydrogens is 384 g/mol. The van der Waals surface area contributed by atoms with E-state index in [0.29, 0.717) is 16.9 Å². The summed E-state index contributed by atoms with van der Waals surface area (Å²) in [7, 11) is 0. The van der Waals surface area contributed by atoms with E-state index >= 15 is 0 Å². The molecule has 150 valence electrons. The van der Waals surface area contributed by atoms with Crippen molar-refractivity contribution >= 4 is 22.4 Å². The molecule has 0 saturated carbocycles. The number of carbonyl (C=O) groups excluding carboxylic acids is 1. The van der Waals surface area contributed by atoms with Crippen LogP contribution in [0, 0.1) is 18.3 Å². The van der Waals surface area contributed by atoms with Crippen molar-refractivity contribution in [2.75, 3.05) is 0 Å². The second-order valence-electron chi connectivity index (χ2n) is 7.76. The Morgan fingerprint density at radius 2 is 1.68 bits per heavy atom. The number of hydrogen-bond acceptors (Lipinski definition) is 3. The Kier molecular flexibility index (Phi) is 4.65. The summed E-state index contributed by atoms with van der Waals surface area (Å²) in [5.74, 6) is -0.129. The first-order chi connectivity index (χ1) is 15.2. The van der Waals surface area contributed by atoms with Crippen molar-refractivity contribution < 1.29 is 9.53 Å². The van der Waals surface area contributed by atoms with E-state index in [2.05, 4.69) is 11.1 Å². The zero-order chi connectivity index (χ0) is 21.4. The SMILES string of the molecule is Cc1ccc(C2C(C#N)=C(c3c[nH]c4ccccc34)OC2C(=O)c2ccccc2)cc1. The van der Waals surface area contributed by atoms with E-state index in [1.54, 1.807) is 12.1 Å². The third-order valence-corrected chi connectivity index (χ3v) is 5.81. The Balaban J connectivity index is 1.67. The largest absolute Gasteiger partial charge is 0.479 e. The Labute approximate surface area is 180 Å². The van der Waals surface area contributed by atoms with Crippen molar-refractivity contribution in [3.63, 3.8) is 0 Å². The van der Waals surface area contributed by atoms with Gasteiger partial charge in [-0.2, -0.15) is 5.26 Å². The molecule has 3 aromatic carbocycles. The summed E-state index contributed by atoms with van der Waals surface area (Å²) in [6.45, 7) is 2.01. The van der Waals surface area contributed by atoms with Gasteiger partial charge in [-0.25, -0.2) is 0 Å². The minimum Gasteiger partial charge on any atom is -0.479 e. The number of carbonyl (C=O) groups is 1. The standard InChI is InChI=1S/C27H20N2O2/c1-17-11-13-18(14-12-17)24-21(15-28)26(22-16-29-23-10-6-5-9-20(22)23)31-27(24)25(30)19-7-3-2-4-8-19/h2-14,16,24,27,29H,1H3. The van der Waals surface area contributed by atoms with E-state index in [1.165, 1.54) is 0 Å². The van der Waals surface area contributed by atoms with E-state index in [1.807, 2.05) is 79.9 Å². The number of aromatic nitrogens is 1. The smallest absolute Gasteiger partial charge is 0.204 e. The first-order valence-corrected chi connectivity index (χ1v) is 10.2. The van der Waals surface area contributed by atoms with E-state index < -0.39 is 12.0 Å². The van der Waals surface area contributed by atoms with E-state index in [-0.39, 0.29) is 5.78 Å². The molecule has 4 heteroatoms. The summed E-state index contributed by atoms with van der Waals surface area (Å²) in [5, 5.41) is 11.1. The monoisotopic (exact) mass is 404 g/mol. The van der Waals surface area contributed by atoms with Crippen LogP contribution in [0.4, 0.5) is 0 Å². The second-order valence-corrected chi connectivity index (χ2v) is 7.76. The molecule has 4 aromatic rings. The maximum Gasteiger partial charge on any atom is 0.204 e. The molecule has 0 amide bonds. The van der Waals surface area contributed by atoms with Crippen LogP contribution in [-0.2, 0) is 4.74 Å². The zero-order valence-electron chi connectivity index (χ0n) is 17.0. The van der Waals surface area contributed by atoms with Gasteiger partial charge in [0.15, 0.2) is 6.10 Å². The quantitative estimate of drug-likeness (QED) is 0.439. The lowest BCUT2D eigenvalue weighted by molar-refractivity contribution is 0.0754. The van der Waals surface area contributed by atoms with Gasteiger partial charge in [-0.1, -0.05) is 78.4 Å². The van der Waals surface area contributed by atoms with Gasteiger partial charge in [0.1, 0.15) is 5.76 Å². The van der Waals surface area contributed by atoms with Crippen LogP contribution in [0.2, 0.25) is 0 Å². The molecule has 1 aliphatic heterocycles. The van der Waals surface area contributed by atoms with Crippen molar-refractivity contribution in [1.82, 2.24) is 4.98 Å². The fraction of sp³-hybridized carbons (Fsp3) is 0.111. The zero-order valence-corrected chi connectivity index (χ0v) is 17.0. The molecule has 2 unspecified atom stereocenters. The van der Waals surface area contributed by atoms with Crippen LogP contribution in [0.15, 0.2) is 90.6 Å². The molecule has 1 aliphatic rings. The topological polar surface area (TPSA) is 65.9 Å². The lowest BCUT2D eigenvalue weighted by Gasteiger charge is -2.19. The van der Waals surface area contributed by atoms with E-state index in [4.69, 9.17) is 4.74 Å². The number of benzene rings is 3. The van der Waals surface area contributed by atoms with Gasteiger partial charge < -0.3 is 9.72 Å². The second kappa shape index (κ2) is 7.62. The van der Waals surface area contributed by atoms with Crippen LogP contribution < -0.4 is 0 Å². The molecular formula is C27H20N2O2. The lowest BCUT2D eigenvalue weighted by atomic mass is 9.84. The third kappa shape index (κ3) is 3.21. The van der Waals surface area contributed by atoms with Crippen LogP contribution >= 0.6 is 0 Å². The molecule has 0 spiro atoms. The van der Waals surface area contributed by atoms with Crippen LogP contribution in [0.25, 0.3) is 16.7 Å². The van der Waals surface area contributed by atoms with Crippen molar-refractivity contribution in [3.8, 4) is 6.07 Å². The van der Waals surface area contributed by atoms with Crippen LogP contribution in [0.1, 0.15) is 33.0 Å². The number of fused-ring (bicyclic) bond motifs is 1. The Hall–Kier alpha value is -4.10. The van der Waals surface area contributed by atoms with Crippen molar-refractivity contribution in [2.45, 2.75) is 18.9 Å². The summed E-state index contributed by atoms with van der Waals surface area (Å²) in [4.78, 5) is 16.7. The molecule has 0 saturated heterocycles. The molecule has 0 fully saturated rings. The number of nitriles is 1. The third-order valence-electron chi connectivity index (χ3n) is 5.81. The highest BCUT2D eigenvalue weighted by Crippen LogP contribution is 2.45. The molecule has 2 heterocycles. The van der Waals surface area contributed by atoms with Gasteiger partial charge >= 0.3 is 0 Å². The molecule has 0 radical (unpaired) electrons. The summed E-state index contributed by atoms with van der Waals surface area (Å²) in [6.07, 6.45) is 1.04. The molecule has 0 bridgehead atoms. The number of aromatic amines is 1. The minimum atomic E-state index is -0.802. The van der Waals surface area contributed by atoms with Gasteiger partial charge in [0.2, 0.25) is 5.78 Å². The van der Waals surface area contributed by atoms with Crippen molar-refractivity contribution in [3.05, 3.63) is 113 Å². The van der Waals surface area contributed by atoms with Gasteiger partial charge in [-0.05, 0) is 18.6 Å². The summed E-state index contributed by atoms with van der Waals surface area (Å²) >= 11 is 0. The van der Waals surface area contributed by atoms with Crippen LogP contribution in [0.5, 0.6) is 0 Å². The average molecular weight is 404 g/mol. The molecule has 4 nitrogen and oxygen atoms in total. The number of ether oxygens (including phenoxy) is 1. The van der Waals surface area contributed by atoms with Crippen molar-refractivity contribution in [1.29, 1.82) is 5.26 Å². The molecule has 1 aromatic heterocycles. The highest BCUT2D eigenvalue weighted by Gasteiger charge is 2.43. The molecule has 1 N–H and O–H groups in total. The number of Topliss-reactive ketones (excluding diaryl/α,β-unsaturated/α-hetero) is 1. The Morgan fingerprint density at radius 1 is 0.968 bits per heavy atom. The van der Waals surface area contributed by atoms with Crippen LogP contribution in [0.3, 0.4) is 0 Å². The summed E-state index contributed by atoms with van der Waals surface area (Å²) in [6, 6.07) is 27.3. The number of ketones is 1. The summed E-state index contributed by atoms with van der Waals surface area (Å²) in [5.41, 5.74) is 4.81. The fourth-order valence-electron chi connectivity index (χ4n) is 4.23. The van der Waals surface area contributed by atoms with E-state index in [9.17, 15) is 10.1 Å². The first-order valence-electron chi connectivity index (χ1n) is 10.2. The maximum atomic E-state index is 13.5. The van der Waals surface area contributed by atoms with Gasteiger partial charge in [0.25, 0.3) is 0 Å². The highest BCUT2D eigenvalue weighted by atomic mass is 16.5. The Bertz CT molecular complexity index is 1340.